The maximum atomic E-state index is 15.4. The number of aromatic amines is 1. The van der Waals surface area contributed by atoms with E-state index >= 15 is 4.39 Å². The molecule has 0 aliphatic rings. The van der Waals surface area contributed by atoms with E-state index in [1.165, 1.54) is 7.11 Å². The number of fused-ring (bicyclic) bond motifs is 1. The van der Waals surface area contributed by atoms with Crippen molar-refractivity contribution in [3.8, 4) is 16.9 Å². The third-order valence-electron chi connectivity index (χ3n) is 5.19. The van der Waals surface area contributed by atoms with E-state index in [2.05, 4.69) is 15.0 Å². The minimum atomic E-state index is -0.602. The minimum absolute atomic E-state index is 0.0945. The highest BCUT2D eigenvalue weighted by molar-refractivity contribution is 6.18. The molecule has 0 saturated heterocycles. The van der Waals surface area contributed by atoms with E-state index in [9.17, 15) is 4.79 Å². The summed E-state index contributed by atoms with van der Waals surface area (Å²) in [4.78, 5) is 26.7. The van der Waals surface area contributed by atoms with E-state index in [0.717, 1.165) is 11.1 Å². The number of H-pyrrole nitrogens is 1. The van der Waals surface area contributed by atoms with Crippen LogP contribution in [-0.4, -0.2) is 41.4 Å². The summed E-state index contributed by atoms with van der Waals surface area (Å²) >= 11 is 0. The second-order valence-electron chi connectivity index (χ2n) is 6.88. The van der Waals surface area contributed by atoms with Crippen LogP contribution in [0.3, 0.4) is 0 Å². The number of benzene rings is 1. The van der Waals surface area contributed by atoms with E-state index in [1.807, 2.05) is 25.1 Å². The Hall–Kier alpha value is -3.74. The number of anilines is 1. The SMILES string of the molecule is CCN(C)c1ccc(OC)c(C(=O)c2c[nH]c3ncc(-c4cccnc4)cc23)c1F. The number of nitrogens with zero attached hydrogens (tertiary/aromatic N) is 3. The summed E-state index contributed by atoms with van der Waals surface area (Å²) in [6, 6.07) is 8.84. The van der Waals surface area contributed by atoms with Crippen molar-refractivity contribution in [2.45, 2.75) is 6.92 Å². The first-order chi connectivity index (χ1) is 14.5. The van der Waals surface area contributed by atoms with Gasteiger partial charge in [0.1, 0.15) is 17.0 Å². The van der Waals surface area contributed by atoms with Crippen LogP contribution in [0.5, 0.6) is 5.75 Å². The van der Waals surface area contributed by atoms with Crippen LogP contribution in [0.15, 0.2) is 55.1 Å². The summed E-state index contributed by atoms with van der Waals surface area (Å²) in [5, 5.41) is 0.608. The molecule has 3 aromatic heterocycles. The molecule has 0 radical (unpaired) electrons. The second-order valence-corrected chi connectivity index (χ2v) is 6.88. The number of carbonyl (C=O) groups excluding carboxylic acids is 1. The van der Waals surface area contributed by atoms with Crippen molar-refractivity contribution in [3.63, 3.8) is 0 Å². The summed E-state index contributed by atoms with van der Waals surface area (Å²) < 4.78 is 20.7. The van der Waals surface area contributed by atoms with Gasteiger partial charge in [-0.2, -0.15) is 0 Å². The van der Waals surface area contributed by atoms with Crippen molar-refractivity contribution < 1.29 is 13.9 Å². The summed E-state index contributed by atoms with van der Waals surface area (Å²) in [7, 11) is 3.20. The number of ketones is 1. The van der Waals surface area contributed by atoms with E-state index < -0.39 is 11.6 Å². The van der Waals surface area contributed by atoms with Gasteiger partial charge in [0, 0.05) is 60.5 Å². The highest BCUT2D eigenvalue weighted by Gasteiger charge is 2.25. The Labute approximate surface area is 173 Å². The van der Waals surface area contributed by atoms with Crippen LogP contribution >= 0.6 is 0 Å². The van der Waals surface area contributed by atoms with Crippen molar-refractivity contribution in [1.82, 2.24) is 15.0 Å². The second kappa shape index (κ2) is 7.94. The third-order valence-corrected chi connectivity index (χ3v) is 5.19. The molecule has 0 bridgehead atoms. The molecule has 30 heavy (non-hydrogen) atoms. The quantitative estimate of drug-likeness (QED) is 0.481. The molecule has 0 amide bonds. The van der Waals surface area contributed by atoms with Gasteiger partial charge in [0.05, 0.1) is 12.8 Å². The molecule has 7 heteroatoms. The van der Waals surface area contributed by atoms with Gasteiger partial charge >= 0.3 is 0 Å². The summed E-state index contributed by atoms with van der Waals surface area (Å²) in [5.74, 6) is -0.877. The Bertz CT molecular complexity index is 1220. The van der Waals surface area contributed by atoms with Crippen LogP contribution in [-0.2, 0) is 0 Å². The highest BCUT2D eigenvalue weighted by Crippen LogP contribution is 2.33. The van der Waals surface area contributed by atoms with Gasteiger partial charge in [0.15, 0.2) is 5.82 Å². The fourth-order valence-corrected chi connectivity index (χ4v) is 3.41. The fraction of sp³-hybridized carbons (Fsp3) is 0.174. The molecule has 0 saturated carbocycles. The number of carbonyl (C=O) groups is 1. The van der Waals surface area contributed by atoms with Crippen LogP contribution in [0.1, 0.15) is 22.8 Å². The molecule has 0 aliphatic carbocycles. The molecule has 0 aliphatic heterocycles. The number of nitrogens with one attached hydrogen (secondary N) is 1. The number of hydrogen-bond donors (Lipinski definition) is 1. The Morgan fingerprint density at radius 2 is 2.07 bits per heavy atom. The predicted octanol–water partition coefficient (Wildman–Crippen LogP) is 4.46. The molecule has 1 N–H and O–H groups in total. The largest absolute Gasteiger partial charge is 0.496 e. The van der Waals surface area contributed by atoms with E-state index in [1.54, 1.807) is 48.9 Å². The zero-order valence-electron chi connectivity index (χ0n) is 16.9. The van der Waals surface area contributed by atoms with Gasteiger partial charge in [-0.1, -0.05) is 6.07 Å². The van der Waals surface area contributed by atoms with Gasteiger partial charge in [0.2, 0.25) is 5.78 Å². The zero-order chi connectivity index (χ0) is 21.3. The van der Waals surface area contributed by atoms with Gasteiger partial charge in [-0.25, -0.2) is 9.37 Å². The van der Waals surface area contributed by atoms with Crippen molar-refractivity contribution >= 4 is 22.5 Å². The number of methoxy groups -OCH3 is 1. The van der Waals surface area contributed by atoms with Crippen LogP contribution in [0.2, 0.25) is 0 Å². The molecule has 0 unspecified atom stereocenters. The van der Waals surface area contributed by atoms with Gasteiger partial charge < -0.3 is 14.6 Å². The number of halogens is 1. The minimum Gasteiger partial charge on any atom is -0.496 e. The lowest BCUT2D eigenvalue weighted by Crippen LogP contribution is -2.19. The molecule has 0 fully saturated rings. The maximum absolute atomic E-state index is 15.4. The molecule has 4 aromatic rings. The van der Waals surface area contributed by atoms with Crippen LogP contribution in [0.25, 0.3) is 22.2 Å². The van der Waals surface area contributed by atoms with E-state index in [4.69, 9.17) is 4.74 Å². The first-order valence-electron chi connectivity index (χ1n) is 9.55. The molecular formula is C23H21FN4O2. The smallest absolute Gasteiger partial charge is 0.202 e. The van der Waals surface area contributed by atoms with Crippen LogP contribution in [0, 0.1) is 5.82 Å². The average molecular weight is 404 g/mol. The molecule has 152 valence electrons. The summed E-state index contributed by atoms with van der Waals surface area (Å²) in [6.07, 6.45) is 6.68. The average Bonchev–Trinajstić information content (AvgIpc) is 3.21. The van der Waals surface area contributed by atoms with Gasteiger partial charge in [-0.3, -0.25) is 9.78 Å². The Kier molecular flexibility index (Phi) is 5.18. The lowest BCUT2D eigenvalue weighted by atomic mass is 9.99. The molecule has 4 rings (SSSR count). The fourth-order valence-electron chi connectivity index (χ4n) is 3.41. The Morgan fingerprint density at radius 1 is 1.23 bits per heavy atom. The molecule has 0 atom stereocenters. The third kappa shape index (κ3) is 3.28. The highest BCUT2D eigenvalue weighted by atomic mass is 19.1. The molecule has 3 heterocycles. The lowest BCUT2D eigenvalue weighted by molar-refractivity contribution is 0.103. The molecule has 6 nitrogen and oxygen atoms in total. The maximum Gasteiger partial charge on any atom is 0.202 e. The standard InChI is InChI=1S/C23H21FN4O2/c1-4-28(2)18-7-8-19(30-3)20(21(18)24)22(29)17-13-27-23-16(17)10-15(12-26-23)14-6-5-9-25-11-14/h5-13H,4H2,1-3H3,(H,26,27). The molecule has 1 aromatic carbocycles. The first-order valence-corrected chi connectivity index (χ1v) is 9.55. The summed E-state index contributed by atoms with van der Waals surface area (Å²) in [5.41, 5.74) is 2.82. The van der Waals surface area contributed by atoms with Crippen molar-refractivity contribution in [2.75, 3.05) is 25.6 Å². The summed E-state index contributed by atoms with van der Waals surface area (Å²) in [6.45, 7) is 2.51. The lowest BCUT2D eigenvalue weighted by Gasteiger charge is -2.20. The zero-order valence-corrected chi connectivity index (χ0v) is 16.9. The molecular weight excluding hydrogens is 383 g/mol. The number of aromatic nitrogens is 3. The van der Waals surface area contributed by atoms with Crippen molar-refractivity contribution in [3.05, 3.63) is 72.1 Å². The topological polar surface area (TPSA) is 71.1 Å². The van der Waals surface area contributed by atoms with Crippen molar-refractivity contribution in [2.24, 2.45) is 0 Å². The Balaban J connectivity index is 1.86. The first kappa shape index (κ1) is 19.6. The molecule has 0 spiro atoms. The normalized spacial score (nSPS) is 10.9. The number of rotatable bonds is 6. The van der Waals surface area contributed by atoms with Crippen LogP contribution in [0.4, 0.5) is 10.1 Å². The Morgan fingerprint density at radius 3 is 2.77 bits per heavy atom. The van der Waals surface area contributed by atoms with Gasteiger partial charge in [-0.05, 0) is 31.2 Å². The van der Waals surface area contributed by atoms with Crippen molar-refractivity contribution in [1.29, 1.82) is 0 Å². The van der Waals surface area contributed by atoms with E-state index in [-0.39, 0.29) is 11.3 Å². The van der Waals surface area contributed by atoms with Gasteiger partial charge in [0.25, 0.3) is 0 Å². The number of pyridine rings is 2. The van der Waals surface area contributed by atoms with E-state index in [0.29, 0.717) is 28.8 Å². The van der Waals surface area contributed by atoms with Gasteiger partial charge in [-0.15, -0.1) is 0 Å². The van der Waals surface area contributed by atoms with Crippen LogP contribution < -0.4 is 9.64 Å². The number of hydrogen-bond acceptors (Lipinski definition) is 5. The number of ether oxygens (including phenoxy) is 1. The predicted molar refractivity (Wildman–Crippen MR) is 115 cm³/mol. The monoisotopic (exact) mass is 404 g/mol.